The van der Waals surface area contributed by atoms with E-state index in [-0.39, 0.29) is 5.91 Å². The number of aromatic nitrogens is 6. The van der Waals surface area contributed by atoms with E-state index >= 15 is 0 Å². The molecule has 1 aliphatic heterocycles. The summed E-state index contributed by atoms with van der Waals surface area (Å²) in [5.74, 6) is 2.87. The zero-order valence-corrected chi connectivity index (χ0v) is 19.9. The van der Waals surface area contributed by atoms with Gasteiger partial charge in [0.25, 0.3) is 0 Å². The number of fused-ring (bicyclic) bond motifs is 1. The molecule has 4 aromatic heterocycles. The summed E-state index contributed by atoms with van der Waals surface area (Å²) >= 11 is 0. The Kier molecular flexibility index (Phi) is 5.40. The van der Waals surface area contributed by atoms with Crippen molar-refractivity contribution < 1.29 is 14.1 Å². The molecule has 36 heavy (non-hydrogen) atoms. The van der Waals surface area contributed by atoms with Gasteiger partial charge in [0.05, 0.1) is 17.2 Å². The molecule has 0 unspecified atom stereocenters. The normalized spacial score (nSPS) is 13.6. The van der Waals surface area contributed by atoms with Crippen molar-refractivity contribution in [2.24, 2.45) is 0 Å². The number of hydrogen-bond acceptors (Lipinski definition) is 8. The smallest absolute Gasteiger partial charge is 0.223 e. The highest BCUT2D eigenvalue weighted by Gasteiger charge is 2.23. The number of benzene rings is 1. The first-order valence-corrected chi connectivity index (χ1v) is 11.7. The number of likely N-dealkylation sites (tertiary alicyclic amines) is 1. The van der Waals surface area contributed by atoms with Gasteiger partial charge >= 0.3 is 0 Å². The summed E-state index contributed by atoms with van der Waals surface area (Å²) < 4.78 is 11.3. The summed E-state index contributed by atoms with van der Waals surface area (Å²) in [6.07, 6.45) is 4.87. The maximum atomic E-state index is 12.3. The Labute approximate surface area is 206 Å². The number of H-pyrrole nitrogens is 1. The predicted octanol–water partition coefficient (Wildman–Crippen LogP) is 4.60. The van der Waals surface area contributed by atoms with Gasteiger partial charge in [-0.2, -0.15) is 4.98 Å². The lowest BCUT2D eigenvalue weighted by Crippen LogP contribution is -2.24. The zero-order chi connectivity index (χ0) is 24.6. The number of aryl methyl sites for hydroxylation is 2. The lowest BCUT2D eigenvalue weighted by atomic mass is 10.1. The molecule has 10 nitrogen and oxygen atoms in total. The number of imidazole rings is 1. The second-order valence-electron chi connectivity index (χ2n) is 8.82. The van der Waals surface area contributed by atoms with Crippen LogP contribution < -0.4 is 4.74 Å². The van der Waals surface area contributed by atoms with Gasteiger partial charge in [-0.1, -0.05) is 11.2 Å². The van der Waals surface area contributed by atoms with Crippen LogP contribution in [0.5, 0.6) is 11.5 Å². The van der Waals surface area contributed by atoms with E-state index in [1.807, 2.05) is 42.3 Å². The minimum absolute atomic E-state index is 0.150. The number of ether oxygens (including phenoxy) is 1. The first-order chi connectivity index (χ1) is 17.5. The molecule has 0 spiro atoms. The fourth-order valence-corrected chi connectivity index (χ4v) is 4.21. The summed E-state index contributed by atoms with van der Waals surface area (Å²) in [6.45, 7) is 4.91. The van der Waals surface area contributed by atoms with E-state index in [1.165, 1.54) is 0 Å². The molecule has 1 amide bonds. The first kappa shape index (κ1) is 21.9. The fourth-order valence-electron chi connectivity index (χ4n) is 4.21. The van der Waals surface area contributed by atoms with Crippen LogP contribution in [-0.2, 0) is 11.3 Å². The number of rotatable bonds is 6. The molecule has 0 saturated carbocycles. The molecule has 1 aliphatic rings. The van der Waals surface area contributed by atoms with Crippen molar-refractivity contribution in [2.45, 2.75) is 33.2 Å². The standard InChI is InChI=1S/C26H23N7O3/c1-15-5-7-19(27-12-15)25-30-21-10-17(14-33-9-3-4-24(33)34)23(11-22(21)31-25)35-18-6-8-20(28-13-18)26-29-16(2)36-32-26/h5-8,10-13H,3-4,9,14H2,1-2H3,(H,30,31). The Balaban J connectivity index is 1.35. The van der Waals surface area contributed by atoms with Crippen molar-refractivity contribution in [3.63, 3.8) is 0 Å². The largest absolute Gasteiger partial charge is 0.455 e. The maximum Gasteiger partial charge on any atom is 0.223 e. The second kappa shape index (κ2) is 8.88. The topological polar surface area (TPSA) is 123 Å². The number of aromatic amines is 1. The maximum absolute atomic E-state index is 12.3. The number of hydrogen-bond donors (Lipinski definition) is 1. The van der Waals surface area contributed by atoms with Crippen molar-refractivity contribution in [1.82, 2.24) is 35.0 Å². The monoisotopic (exact) mass is 481 g/mol. The van der Waals surface area contributed by atoms with Gasteiger partial charge in [0.15, 0.2) is 5.82 Å². The SMILES string of the molecule is Cc1ccc(-c2nc3cc(Oc4ccc(-c5noc(C)n5)nc4)c(CN4CCCC4=O)cc3[nH]2)nc1. The van der Waals surface area contributed by atoms with E-state index in [1.54, 1.807) is 25.3 Å². The predicted molar refractivity (Wildman–Crippen MR) is 131 cm³/mol. The van der Waals surface area contributed by atoms with E-state index in [9.17, 15) is 4.79 Å². The quantitative estimate of drug-likeness (QED) is 0.373. The molecule has 0 atom stereocenters. The molecule has 0 radical (unpaired) electrons. The van der Waals surface area contributed by atoms with Crippen LogP contribution in [0.1, 0.15) is 29.9 Å². The van der Waals surface area contributed by atoms with Gasteiger partial charge in [0, 0.05) is 44.3 Å². The van der Waals surface area contributed by atoms with Crippen molar-refractivity contribution in [3.05, 3.63) is 65.8 Å². The molecule has 1 saturated heterocycles. The third kappa shape index (κ3) is 4.28. The van der Waals surface area contributed by atoms with Crippen LogP contribution in [0.15, 0.2) is 53.3 Å². The number of pyridine rings is 2. The summed E-state index contributed by atoms with van der Waals surface area (Å²) in [6, 6.07) is 11.4. The Hall–Kier alpha value is -4.60. The highest BCUT2D eigenvalue weighted by atomic mass is 16.5. The van der Waals surface area contributed by atoms with E-state index in [0.717, 1.165) is 40.8 Å². The van der Waals surface area contributed by atoms with Crippen LogP contribution in [0.25, 0.3) is 34.1 Å². The van der Waals surface area contributed by atoms with Gasteiger partial charge in [0.1, 0.15) is 22.9 Å². The van der Waals surface area contributed by atoms with Crippen LogP contribution in [0.2, 0.25) is 0 Å². The molecule has 1 aromatic carbocycles. The lowest BCUT2D eigenvalue weighted by Gasteiger charge is -2.18. The Bertz CT molecular complexity index is 1560. The third-order valence-electron chi connectivity index (χ3n) is 6.07. The molecule has 180 valence electrons. The second-order valence-corrected chi connectivity index (χ2v) is 8.82. The van der Waals surface area contributed by atoms with Gasteiger partial charge < -0.3 is 19.1 Å². The van der Waals surface area contributed by atoms with E-state index in [4.69, 9.17) is 14.2 Å². The van der Waals surface area contributed by atoms with Crippen molar-refractivity contribution >= 4 is 16.9 Å². The summed E-state index contributed by atoms with van der Waals surface area (Å²) in [5.41, 5.74) is 4.89. The molecule has 1 fully saturated rings. The van der Waals surface area contributed by atoms with Crippen LogP contribution in [0.4, 0.5) is 0 Å². The van der Waals surface area contributed by atoms with Gasteiger partial charge in [-0.25, -0.2) is 9.97 Å². The molecule has 1 N–H and O–H groups in total. The van der Waals surface area contributed by atoms with Crippen molar-refractivity contribution in [2.75, 3.05) is 6.54 Å². The zero-order valence-electron chi connectivity index (χ0n) is 19.9. The summed E-state index contributed by atoms with van der Waals surface area (Å²) in [4.78, 5) is 35.4. The average Bonchev–Trinajstić information content (AvgIpc) is 3.60. The molecule has 0 aliphatic carbocycles. The Morgan fingerprint density at radius 3 is 2.61 bits per heavy atom. The third-order valence-corrected chi connectivity index (χ3v) is 6.07. The number of nitrogens with zero attached hydrogens (tertiary/aromatic N) is 6. The number of nitrogens with one attached hydrogen (secondary N) is 1. The van der Waals surface area contributed by atoms with Gasteiger partial charge in [-0.15, -0.1) is 0 Å². The van der Waals surface area contributed by atoms with Crippen molar-refractivity contribution in [3.8, 4) is 34.5 Å². The first-order valence-electron chi connectivity index (χ1n) is 11.7. The van der Waals surface area contributed by atoms with Crippen LogP contribution in [0.3, 0.4) is 0 Å². The molecule has 10 heteroatoms. The Morgan fingerprint density at radius 1 is 1.06 bits per heavy atom. The molecule has 0 bridgehead atoms. The lowest BCUT2D eigenvalue weighted by molar-refractivity contribution is -0.128. The van der Waals surface area contributed by atoms with Crippen molar-refractivity contribution in [1.29, 1.82) is 0 Å². The molecular formula is C26H23N7O3. The van der Waals surface area contributed by atoms with E-state index in [0.29, 0.717) is 47.7 Å². The highest BCUT2D eigenvalue weighted by Crippen LogP contribution is 2.32. The Morgan fingerprint density at radius 2 is 1.92 bits per heavy atom. The van der Waals surface area contributed by atoms with Crippen LogP contribution >= 0.6 is 0 Å². The van der Waals surface area contributed by atoms with Gasteiger partial charge in [-0.05, 0) is 43.2 Å². The van der Waals surface area contributed by atoms with E-state index in [2.05, 4.69) is 25.1 Å². The summed E-state index contributed by atoms with van der Waals surface area (Å²) in [5, 5.41) is 3.90. The molecule has 6 rings (SSSR count). The van der Waals surface area contributed by atoms with Crippen LogP contribution in [-0.4, -0.2) is 47.4 Å². The minimum atomic E-state index is 0.150. The number of carbonyl (C=O) groups excluding carboxylic acids is 1. The molecule has 5 heterocycles. The number of carbonyl (C=O) groups is 1. The average molecular weight is 482 g/mol. The van der Waals surface area contributed by atoms with Gasteiger partial charge in [0.2, 0.25) is 17.6 Å². The fraction of sp³-hybridized carbons (Fsp3) is 0.231. The summed E-state index contributed by atoms with van der Waals surface area (Å²) in [7, 11) is 0. The van der Waals surface area contributed by atoms with E-state index < -0.39 is 0 Å². The number of amides is 1. The van der Waals surface area contributed by atoms with Gasteiger partial charge in [-0.3, -0.25) is 9.78 Å². The van der Waals surface area contributed by atoms with Crippen LogP contribution in [0, 0.1) is 13.8 Å². The molecule has 5 aromatic rings. The minimum Gasteiger partial charge on any atom is -0.455 e. The highest BCUT2D eigenvalue weighted by molar-refractivity contribution is 5.82. The molecular weight excluding hydrogens is 458 g/mol.